The van der Waals surface area contributed by atoms with Gasteiger partial charge in [-0.05, 0) is 24.5 Å². The number of rotatable bonds is 7. The van der Waals surface area contributed by atoms with Crippen LogP contribution in [0.5, 0.6) is 11.5 Å². The zero-order valence-electron chi connectivity index (χ0n) is 12.4. The van der Waals surface area contributed by atoms with E-state index in [4.69, 9.17) is 25.6 Å². The molecule has 0 atom stereocenters. The van der Waals surface area contributed by atoms with Gasteiger partial charge in [-0.2, -0.15) is 4.98 Å². The second-order valence-corrected chi connectivity index (χ2v) is 5.28. The Labute approximate surface area is 129 Å². The maximum absolute atomic E-state index is 5.89. The van der Waals surface area contributed by atoms with Crippen LogP contribution in [-0.4, -0.2) is 23.9 Å². The van der Waals surface area contributed by atoms with Gasteiger partial charge >= 0.3 is 0 Å². The lowest BCUT2D eigenvalue weighted by molar-refractivity contribution is 0.274. The Morgan fingerprint density at radius 2 is 2.14 bits per heavy atom. The summed E-state index contributed by atoms with van der Waals surface area (Å²) in [5, 5.41) is 3.93. The van der Waals surface area contributed by atoms with Crippen LogP contribution in [0, 0.1) is 5.92 Å². The third kappa shape index (κ3) is 3.88. The first-order valence-electron chi connectivity index (χ1n) is 6.84. The van der Waals surface area contributed by atoms with Crippen LogP contribution in [0.3, 0.4) is 0 Å². The van der Waals surface area contributed by atoms with E-state index in [1.54, 1.807) is 7.11 Å². The Kier molecular flexibility index (Phi) is 5.44. The third-order valence-corrected chi connectivity index (χ3v) is 3.19. The van der Waals surface area contributed by atoms with Crippen LogP contribution in [0.4, 0.5) is 0 Å². The lowest BCUT2D eigenvalue weighted by Gasteiger charge is -2.14. The summed E-state index contributed by atoms with van der Waals surface area (Å²) in [4.78, 5) is 4.23. The monoisotopic (exact) mass is 310 g/mol. The van der Waals surface area contributed by atoms with Crippen molar-refractivity contribution in [2.75, 3.05) is 13.7 Å². The first-order chi connectivity index (χ1) is 10.2. The van der Waals surface area contributed by atoms with Crippen LogP contribution in [0.15, 0.2) is 22.7 Å². The molecular weight excluding hydrogens is 292 g/mol. The summed E-state index contributed by atoms with van der Waals surface area (Å²) in [7, 11) is 1.61. The summed E-state index contributed by atoms with van der Waals surface area (Å²) in [6.45, 7) is 4.90. The van der Waals surface area contributed by atoms with E-state index in [0.29, 0.717) is 35.7 Å². The van der Waals surface area contributed by atoms with Crippen molar-refractivity contribution in [1.29, 1.82) is 0 Å². The molecule has 1 aromatic heterocycles. The molecule has 21 heavy (non-hydrogen) atoms. The predicted octanol–water partition coefficient (Wildman–Crippen LogP) is 3.91. The van der Waals surface area contributed by atoms with Gasteiger partial charge in [-0.25, -0.2) is 0 Å². The number of nitrogens with zero attached hydrogens (tertiary/aromatic N) is 2. The van der Waals surface area contributed by atoms with Crippen molar-refractivity contribution in [1.82, 2.24) is 10.1 Å². The molecular formula is C15H19ClN2O3. The fraction of sp³-hybridized carbons (Fsp3) is 0.467. The Morgan fingerprint density at radius 3 is 2.76 bits per heavy atom. The molecule has 2 rings (SSSR count). The van der Waals surface area contributed by atoms with Gasteiger partial charge in [0.25, 0.3) is 0 Å². The van der Waals surface area contributed by atoms with E-state index >= 15 is 0 Å². The molecule has 0 fully saturated rings. The normalized spacial score (nSPS) is 10.9. The molecule has 0 unspecified atom stereocenters. The SMILES string of the molecule is COc1cccc(-c2noc(CCl)n2)c1OCCC(C)C. The first-order valence-corrected chi connectivity index (χ1v) is 7.37. The van der Waals surface area contributed by atoms with Crippen molar-refractivity contribution < 1.29 is 14.0 Å². The van der Waals surface area contributed by atoms with E-state index in [9.17, 15) is 0 Å². The number of ether oxygens (including phenoxy) is 2. The molecule has 0 aliphatic heterocycles. The van der Waals surface area contributed by atoms with Crippen molar-refractivity contribution in [3.8, 4) is 22.9 Å². The summed E-state index contributed by atoms with van der Waals surface area (Å²) >= 11 is 5.69. The van der Waals surface area contributed by atoms with Crippen LogP contribution < -0.4 is 9.47 Å². The highest BCUT2D eigenvalue weighted by atomic mass is 35.5. The van der Waals surface area contributed by atoms with Gasteiger partial charge in [0.1, 0.15) is 5.88 Å². The van der Waals surface area contributed by atoms with Crippen LogP contribution >= 0.6 is 11.6 Å². The average molecular weight is 311 g/mol. The molecule has 1 aromatic carbocycles. The van der Waals surface area contributed by atoms with Gasteiger partial charge in [0.05, 0.1) is 19.3 Å². The van der Waals surface area contributed by atoms with Gasteiger partial charge in [0.15, 0.2) is 11.5 Å². The van der Waals surface area contributed by atoms with E-state index in [0.717, 1.165) is 12.0 Å². The molecule has 2 aromatic rings. The number of para-hydroxylation sites is 1. The fourth-order valence-corrected chi connectivity index (χ4v) is 1.93. The first kappa shape index (κ1) is 15.6. The van der Waals surface area contributed by atoms with E-state index in [1.807, 2.05) is 18.2 Å². The summed E-state index contributed by atoms with van der Waals surface area (Å²) < 4.78 is 16.3. The highest BCUT2D eigenvalue weighted by molar-refractivity contribution is 6.16. The maximum Gasteiger partial charge on any atom is 0.241 e. The third-order valence-electron chi connectivity index (χ3n) is 2.96. The van der Waals surface area contributed by atoms with Crippen molar-refractivity contribution >= 4 is 11.6 Å². The number of methoxy groups -OCH3 is 1. The van der Waals surface area contributed by atoms with E-state index < -0.39 is 0 Å². The van der Waals surface area contributed by atoms with Crippen LogP contribution in [0.1, 0.15) is 26.2 Å². The van der Waals surface area contributed by atoms with Gasteiger partial charge in [-0.1, -0.05) is 25.1 Å². The highest BCUT2D eigenvalue weighted by Gasteiger charge is 2.17. The summed E-state index contributed by atoms with van der Waals surface area (Å²) in [6.07, 6.45) is 0.955. The zero-order chi connectivity index (χ0) is 15.2. The largest absolute Gasteiger partial charge is 0.493 e. The lowest BCUT2D eigenvalue weighted by atomic mass is 10.1. The van der Waals surface area contributed by atoms with Gasteiger partial charge in [-0.3, -0.25) is 0 Å². The maximum atomic E-state index is 5.89. The lowest BCUT2D eigenvalue weighted by Crippen LogP contribution is -2.04. The minimum atomic E-state index is 0.181. The van der Waals surface area contributed by atoms with Crippen molar-refractivity contribution in [2.45, 2.75) is 26.1 Å². The highest BCUT2D eigenvalue weighted by Crippen LogP contribution is 2.37. The standard InChI is InChI=1S/C15H19ClN2O3/c1-10(2)7-8-20-14-11(5-4-6-12(14)19-3)15-17-13(9-16)21-18-15/h4-6,10H,7-9H2,1-3H3. The summed E-state index contributed by atoms with van der Waals surface area (Å²) in [5.74, 6) is 2.85. The molecule has 0 saturated heterocycles. The number of hydrogen-bond donors (Lipinski definition) is 0. The van der Waals surface area contributed by atoms with Gasteiger partial charge in [0.2, 0.25) is 11.7 Å². The van der Waals surface area contributed by atoms with Crippen LogP contribution in [-0.2, 0) is 5.88 Å². The molecule has 0 aliphatic rings. The minimum Gasteiger partial charge on any atom is -0.493 e. The Bertz CT molecular complexity index is 584. The van der Waals surface area contributed by atoms with Crippen LogP contribution in [0.2, 0.25) is 0 Å². The van der Waals surface area contributed by atoms with Gasteiger partial charge in [-0.15, -0.1) is 11.6 Å². The Hall–Kier alpha value is -1.75. The number of halogens is 1. The Balaban J connectivity index is 2.30. The number of aromatic nitrogens is 2. The Morgan fingerprint density at radius 1 is 1.33 bits per heavy atom. The quantitative estimate of drug-likeness (QED) is 0.726. The molecule has 0 spiro atoms. The molecule has 0 saturated carbocycles. The molecule has 0 radical (unpaired) electrons. The van der Waals surface area contributed by atoms with E-state index in [2.05, 4.69) is 24.0 Å². The van der Waals surface area contributed by atoms with Gasteiger partial charge < -0.3 is 14.0 Å². The molecule has 0 bridgehead atoms. The average Bonchev–Trinajstić information content (AvgIpc) is 2.95. The number of alkyl halides is 1. The number of benzene rings is 1. The van der Waals surface area contributed by atoms with E-state index in [-0.39, 0.29) is 5.88 Å². The smallest absolute Gasteiger partial charge is 0.241 e. The molecule has 0 amide bonds. The topological polar surface area (TPSA) is 57.4 Å². The predicted molar refractivity (Wildman–Crippen MR) is 80.8 cm³/mol. The zero-order valence-corrected chi connectivity index (χ0v) is 13.2. The molecule has 0 aliphatic carbocycles. The number of hydrogen-bond acceptors (Lipinski definition) is 5. The molecule has 0 N–H and O–H groups in total. The minimum absolute atomic E-state index is 0.181. The van der Waals surface area contributed by atoms with Crippen LogP contribution in [0.25, 0.3) is 11.4 Å². The molecule has 114 valence electrons. The molecule has 5 nitrogen and oxygen atoms in total. The van der Waals surface area contributed by atoms with Crippen molar-refractivity contribution in [2.24, 2.45) is 5.92 Å². The van der Waals surface area contributed by atoms with E-state index in [1.165, 1.54) is 0 Å². The molecule has 6 heteroatoms. The van der Waals surface area contributed by atoms with Gasteiger partial charge in [0, 0.05) is 0 Å². The summed E-state index contributed by atoms with van der Waals surface area (Å²) in [6, 6.07) is 5.58. The second-order valence-electron chi connectivity index (χ2n) is 5.01. The molecule has 1 heterocycles. The second kappa shape index (κ2) is 7.31. The van der Waals surface area contributed by atoms with Crippen molar-refractivity contribution in [3.05, 3.63) is 24.1 Å². The van der Waals surface area contributed by atoms with Crippen molar-refractivity contribution in [3.63, 3.8) is 0 Å². The summed E-state index contributed by atoms with van der Waals surface area (Å²) in [5.41, 5.74) is 0.734. The fourth-order valence-electron chi connectivity index (χ4n) is 1.82.